The Labute approximate surface area is 159 Å². The Morgan fingerprint density at radius 2 is 2.07 bits per heavy atom. The van der Waals surface area contributed by atoms with Gasteiger partial charge in [-0.1, -0.05) is 6.07 Å². The second-order valence-corrected chi connectivity index (χ2v) is 5.65. The third-order valence-electron chi connectivity index (χ3n) is 3.75. The number of nitrogens with one attached hydrogen (secondary N) is 1. The van der Waals surface area contributed by atoms with Crippen LogP contribution >= 0.6 is 0 Å². The fourth-order valence-electron chi connectivity index (χ4n) is 2.45. The highest BCUT2D eigenvalue weighted by Gasteiger charge is 2.17. The van der Waals surface area contributed by atoms with Crippen molar-refractivity contribution in [3.63, 3.8) is 0 Å². The van der Waals surface area contributed by atoms with Gasteiger partial charge in [-0.25, -0.2) is 4.39 Å². The van der Waals surface area contributed by atoms with Gasteiger partial charge in [0.15, 0.2) is 0 Å². The van der Waals surface area contributed by atoms with Crippen LogP contribution in [0.3, 0.4) is 0 Å². The summed E-state index contributed by atoms with van der Waals surface area (Å²) in [6.07, 6.45) is 2.65. The van der Waals surface area contributed by atoms with Crippen molar-refractivity contribution in [3.8, 4) is 17.7 Å². The lowest BCUT2D eigenvalue weighted by Crippen LogP contribution is -2.25. The highest BCUT2D eigenvalue weighted by Crippen LogP contribution is 2.24. The summed E-state index contributed by atoms with van der Waals surface area (Å²) in [5.74, 6) is -0.906. The maximum atomic E-state index is 13.1. The predicted octanol–water partition coefficient (Wildman–Crippen LogP) is 2.67. The van der Waals surface area contributed by atoms with E-state index < -0.39 is 17.3 Å². The normalized spacial score (nSPS) is 11.1. The predicted molar refractivity (Wildman–Crippen MR) is 100 cm³/mol. The van der Waals surface area contributed by atoms with Crippen molar-refractivity contribution >= 4 is 17.6 Å². The van der Waals surface area contributed by atoms with E-state index in [0.29, 0.717) is 12.2 Å². The number of ether oxygens (including phenoxy) is 1. The zero-order valence-corrected chi connectivity index (χ0v) is 14.8. The van der Waals surface area contributed by atoms with E-state index in [0.717, 1.165) is 6.08 Å². The lowest BCUT2D eigenvalue weighted by atomic mass is 10.1. The van der Waals surface area contributed by atoms with Crippen molar-refractivity contribution in [3.05, 3.63) is 76.0 Å². The first-order valence-corrected chi connectivity index (χ1v) is 8.38. The minimum absolute atomic E-state index is 0.0733. The van der Waals surface area contributed by atoms with Gasteiger partial charge in [0, 0.05) is 12.7 Å². The van der Waals surface area contributed by atoms with Gasteiger partial charge in [0.1, 0.15) is 34.4 Å². The van der Waals surface area contributed by atoms with Crippen LogP contribution in [0.1, 0.15) is 12.5 Å². The van der Waals surface area contributed by atoms with Gasteiger partial charge in [0.05, 0.1) is 0 Å². The van der Waals surface area contributed by atoms with E-state index in [9.17, 15) is 19.2 Å². The van der Waals surface area contributed by atoms with Crippen LogP contribution in [0.2, 0.25) is 0 Å². The Balaban J connectivity index is 2.19. The van der Waals surface area contributed by atoms with E-state index in [1.165, 1.54) is 34.9 Å². The van der Waals surface area contributed by atoms with E-state index in [2.05, 4.69) is 10.3 Å². The first kappa shape index (κ1) is 18.8. The van der Waals surface area contributed by atoms with E-state index in [1.54, 1.807) is 31.2 Å². The summed E-state index contributed by atoms with van der Waals surface area (Å²) in [6, 6.07) is 11.9. The van der Waals surface area contributed by atoms with Crippen molar-refractivity contribution < 1.29 is 13.9 Å². The number of rotatable bonds is 5. The summed E-state index contributed by atoms with van der Waals surface area (Å²) in [5.41, 5.74) is -0.533. The van der Waals surface area contributed by atoms with Gasteiger partial charge in [-0.15, -0.1) is 0 Å². The third-order valence-corrected chi connectivity index (χ3v) is 3.75. The van der Waals surface area contributed by atoms with Crippen LogP contribution in [0.5, 0.6) is 11.6 Å². The molecule has 7 nitrogen and oxygen atoms in total. The van der Waals surface area contributed by atoms with Gasteiger partial charge in [-0.3, -0.25) is 14.0 Å². The number of amides is 1. The summed E-state index contributed by atoms with van der Waals surface area (Å²) in [5, 5.41) is 11.8. The summed E-state index contributed by atoms with van der Waals surface area (Å²) in [7, 11) is 0. The van der Waals surface area contributed by atoms with Crippen molar-refractivity contribution in [1.29, 1.82) is 5.26 Å². The molecule has 0 radical (unpaired) electrons. The van der Waals surface area contributed by atoms with E-state index in [-0.39, 0.29) is 22.8 Å². The molecule has 28 heavy (non-hydrogen) atoms. The summed E-state index contributed by atoms with van der Waals surface area (Å²) >= 11 is 0. The second kappa shape index (κ2) is 8.14. The molecule has 0 unspecified atom stereocenters. The number of nitriles is 1. The van der Waals surface area contributed by atoms with Crippen LogP contribution in [0.4, 0.5) is 4.39 Å². The number of fused-ring (bicyclic) bond motifs is 1. The fourth-order valence-corrected chi connectivity index (χ4v) is 2.45. The number of pyridine rings is 1. The lowest BCUT2D eigenvalue weighted by molar-refractivity contribution is -0.116. The highest BCUT2D eigenvalue weighted by molar-refractivity contribution is 6.01. The molecule has 0 spiro atoms. The Morgan fingerprint density at radius 1 is 1.32 bits per heavy atom. The van der Waals surface area contributed by atoms with Crippen molar-refractivity contribution in [2.24, 2.45) is 0 Å². The second-order valence-electron chi connectivity index (χ2n) is 5.65. The molecule has 0 saturated heterocycles. The molecule has 2 aromatic heterocycles. The van der Waals surface area contributed by atoms with Crippen LogP contribution in [0.15, 0.2) is 59.0 Å². The van der Waals surface area contributed by atoms with Crippen LogP contribution in [0.25, 0.3) is 11.7 Å². The molecule has 0 bridgehead atoms. The number of carbonyl (C=O) groups excluding carboxylic acids is 1. The molecular formula is C20H15FN4O3. The number of hydrogen-bond acceptors (Lipinski definition) is 5. The topological polar surface area (TPSA) is 96.5 Å². The van der Waals surface area contributed by atoms with Crippen molar-refractivity contribution in [2.45, 2.75) is 6.92 Å². The maximum Gasteiger partial charge on any atom is 0.269 e. The Hall–Kier alpha value is -3.99. The van der Waals surface area contributed by atoms with Crippen LogP contribution in [-0.4, -0.2) is 21.8 Å². The number of hydrogen-bond donors (Lipinski definition) is 1. The molecule has 0 saturated carbocycles. The van der Waals surface area contributed by atoms with E-state index >= 15 is 0 Å². The molecule has 0 fully saturated rings. The van der Waals surface area contributed by atoms with Gasteiger partial charge in [0.2, 0.25) is 5.88 Å². The number of carbonyl (C=O) groups is 1. The van der Waals surface area contributed by atoms with Crippen LogP contribution in [0, 0.1) is 17.1 Å². The number of nitrogens with zero attached hydrogens (tertiary/aromatic N) is 3. The molecule has 2 heterocycles. The summed E-state index contributed by atoms with van der Waals surface area (Å²) in [4.78, 5) is 29.3. The molecule has 0 atom stereocenters. The van der Waals surface area contributed by atoms with Crippen LogP contribution in [-0.2, 0) is 4.79 Å². The van der Waals surface area contributed by atoms with E-state index in [1.807, 2.05) is 0 Å². The average Bonchev–Trinajstić information content (AvgIpc) is 2.70. The first-order valence-electron chi connectivity index (χ1n) is 8.38. The minimum Gasteiger partial charge on any atom is -0.438 e. The monoisotopic (exact) mass is 378 g/mol. The van der Waals surface area contributed by atoms with Gasteiger partial charge in [0.25, 0.3) is 11.5 Å². The van der Waals surface area contributed by atoms with Gasteiger partial charge in [-0.05, 0) is 49.4 Å². The SMILES string of the molecule is CCNC(=O)/C(C#N)=C/c1c(Oc2ccc(F)cc2)nc2ccccn2c1=O. The lowest BCUT2D eigenvalue weighted by Gasteiger charge is -2.10. The molecule has 1 amide bonds. The van der Waals surface area contributed by atoms with Gasteiger partial charge in [-0.2, -0.15) is 10.2 Å². The number of likely N-dealkylation sites (N-methyl/N-ethyl adjacent to an activating group) is 1. The number of halogens is 1. The van der Waals surface area contributed by atoms with Gasteiger partial charge < -0.3 is 10.1 Å². The molecule has 0 aliphatic carbocycles. The van der Waals surface area contributed by atoms with Gasteiger partial charge >= 0.3 is 0 Å². The molecule has 8 heteroatoms. The third kappa shape index (κ3) is 3.88. The minimum atomic E-state index is -0.615. The number of aromatic nitrogens is 2. The summed E-state index contributed by atoms with van der Waals surface area (Å²) in [6.45, 7) is 2.04. The zero-order valence-electron chi connectivity index (χ0n) is 14.8. The standard InChI is InChI=1S/C20H15FN4O3/c1-2-23-18(26)13(12-22)11-16-19(28-15-8-6-14(21)7-9-15)24-17-5-3-4-10-25(17)20(16)27/h3-11H,2H2,1H3,(H,23,26)/b13-11+. The largest absolute Gasteiger partial charge is 0.438 e. The van der Waals surface area contributed by atoms with Crippen molar-refractivity contribution in [1.82, 2.24) is 14.7 Å². The average molecular weight is 378 g/mol. The molecule has 3 aromatic rings. The maximum absolute atomic E-state index is 13.1. The Bertz CT molecular complexity index is 1160. The molecule has 3 rings (SSSR count). The molecular weight excluding hydrogens is 363 g/mol. The Kier molecular flexibility index (Phi) is 5.46. The molecule has 1 N–H and O–H groups in total. The molecule has 1 aromatic carbocycles. The first-order chi connectivity index (χ1) is 13.5. The molecule has 0 aliphatic heterocycles. The molecule has 0 aliphatic rings. The number of benzene rings is 1. The highest BCUT2D eigenvalue weighted by atomic mass is 19.1. The van der Waals surface area contributed by atoms with Crippen LogP contribution < -0.4 is 15.6 Å². The fraction of sp³-hybridized carbons (Fsp3) is 0.100. The smallest absolute Gasteiger partial charge is 0.269 e. The molecule has 140 valence electrons. The van der Waals surface area contributed by atoms with Crippen molar-refractivity contribution in [2.75, 3.05) is 6.54 Å². The van der Waals surface area contributed by atoms with E-state index in [4.69, 9.17) is 4.74 Å². The Morgan fingerprint density at radius 3 is 2.75 bits per heavy atom. The zero-order chi connectivity index (χ0) is 20.1. The summed E-state index contributed by atoms with van der Waals surface area (Å²) < 4.78 is 20.1. The quantitative estimate of drug-likeness (QED) is 0.544.